The minimum absolute atomic E-state index is 0.279. The van der Waals surface area contributed by atoms with E-state index in [0.29, 0.717) is 31.6 Å². The van der Waals surface area contributed by atoms with Crippen LogP contribution in [0.25, 0.3) is 0 Å². The second kappa shape index (κ2) is 8.79. The molecule has 1 aromatic rings. The number of ether oxygens (including phenoxy) is 1. The number of aromatic nitrogens is 2. The van der Waals surface area contributed by atoms with Gasteiger partial charge in [0.15, 0.2) is 0 Å². The largest absolute Gasteiger partial charge is 0.490 e. The normalized spacial score (nSPS) is 21.2. The number of aliphatic carboxylic acids is 1. The summed E-state index contributed by atoms with van der Waals surface area (Å²) < 4.78 is 62.1. The third-order valence-corrected chi connectivity index (χ3v) is 5.95. The fraction of sp³-hybridized carbons (Fsp3) is 0.688. The molecule has 2 saturated heterocycles. The van der Waals surface area contributed by atoms with E-state index in [1.165, 1.54) is 10.6 Å². The molecule has 3 heterocycles. The number of halogens is 3. The molecule has 1 unspecified atom stereocenters. The molecule has 0 bridgehead atoms. The van der Waals surface area contributed by atoms with Crippen LogP contribution < -0.4 is 5.32 Å². The highest BCUT2D eigenvalue weighted by Crippen LogP contribution is 2.42. The van der Waals surface area contributed by atoms with Crippen LogP contribution in [-0.4, -0.2) is 78.0 Å². The second-order valence-electron chi connectivity index (χ2n) is 7.03. The number of hydrogen-bond acceptors (Lipinski definition) is 7. The summed E-state index contributed by atoms with van der Waals surface area (Å²) in [5.74, 6) is -1.75. The van der Waals surface area contributed by atoms with Crippen molar-refractivity contribution in [1.82, 2.24) is 14.3 Å². The Bertz CT molecular complexity index is 811. The first-order valence-corrected chi connectivity index (χ1v) is 10.6. The first-order valence-electron chi connectivity index (χ1n) is 8.75. The Morgan fingerprint density at radius 2 is 1.93 bits per heavy atom. The zero-order valence-electron chi connectivity index (χ0n) is 15.9. The molecule has 29 heavy (non-hydrogen) atoms. The SMILES string of the molecule is Cc1cnc(NCCC2CCOC23CN(S(C)(=O)=O)C3)nc1.O=C(O)C(F)(F)F. The molecule has 13 heteroatoms. The predicted octanol–water partition coefficient (Wildman–Crippen LogP) is 1.27. The monoisotopic (exact) mass is 440 g/mol. The summed E-state index contributed by atoms with van der Waals surface area (Å²) in [4.78, 5) is 17.3. The van der Waals surface area contributed by atoms with Gasteiger partial charge in [0.1, 0.15) is 0 Å². The molecule has 9 nitrogen and oxygen atoms in total. The van der Waals surface area contributed by atoms with Gasteiger partial charge < -0.3 is 15.2 Å². The van der Waals surface area contributed by atoms with Crippen LogP contribution in [0.2, 0.25) is 0 Å². The van der Waals surface area contributed by atoms with E-state index < -0.39 is 22.2 Å². The van der Waals surface area contributed by atoms with Crippen molar-refractivity contribution in [1.29, 1.82) is 0 Å². The van der Waals surface area contributed by atoms with E-state index in [4.69, 9.17) is 14.6 Å². The van der Waals surface area contributed by atoms with Crippen LogP contribution in [0.15, 0.2) is 12.4 Å². The summed E-state index contributed by atoms with van der Waals surface area (Å²) in [6, 6.07) is 0. The smallest absolute Gasteiger partial charge is 0.475 e. The summed E-state index contributed by atoms with van der Waals surface area (Å²) in [6.07, 6.45) is 1.64. The van der Waals surface area contributed by atoms with Crippen molar-refractivity contribution >= 4 is 21.9 Å². The molecule has 2 N–H and O–H groups in total. The Morgan fingerprint density at radius 3 is 2.41 bits per heavy atom. The first kappa shape index (κ1) is 23.3. The number of hydrogen-bond donors (Lipinski definition) is 2. The van der Waals surface area contributed by atoms with Crippen LogP contribution in [0.1, 0.15) is 18.4 Å². The van der Waals surface area contributed by atoms with Crippen molar-refractivity contribution in [3.05, 3.63) is 18.0 Å². The van der Waals surface area contributed by atoms with E-state index in [1.807, 2.05) is 6.92 Å². The van der Waals surface area contributed by atoms with Gasteiger partial charge in [-0.1, -0.05) is 0 Å². The maximum absolute atomic E-state index is 11.5. The number of nitrogens with one attached hydrogen (secondary N) is 1. The van der Waals surface area contributed by atoms with Crippen LogP contribution in [0.5, 0.6) is 0 Å². The summed E-state index contributed by atoms with van der Waals surface area (Å²) >= 11 is 0. The lowest BCUT2D eigenvalue weighted by atomic mass is 9.80. The number of aryl methyl sites for hydroxylation is 1. The summed E-state index contributed by atoms with van der Waals surface area (Å²) in [6.45, 7) is 4.39. The first-order chi connectivity index (χ1) is 13.3. The lowest BCUT2D eigenvalue weighted by Crippen LogP contribution is -2.65. The number of carboxylic acids is 1. The summed E-state index contributed by atoms with van der Waals surface area (Å²) in [5, 5.41) is 10.3. The molecule has 1 spiro atoms. The van der Waals surface area contributed by atoms with Crippen molar-refractivity contribution < 1.29 is 36.2 Å². The van der Waals surface area contributed by atoms with Crippen LogP contribution in [0.3, 0.4) is 0 Å². The molecular weight excluding hydrogens is 417 g/mol. The van der Waals surface area contributed by atoms with Gasteiger partial charge in [-0.15, -0.1) is 0 Å². The summed E-state index contributed by atoms with van der Waals surface area (Å²) in [7, 11) is -3.10. The third-order valence-electron chi connectivity index (χ3n) is 4.76. The van der Waals surface area contributed by atoms with Crippen molar-refractivity contribution in [2.24, 2.45) is 5.92 Å². The molecule has 1 aromatic heterocycles. The van der Waals surface area contributed by atoms with Crippen LogP contribution in [-0.2, 0) is 19.6 Å². The molecule has 0 amide bonds. The van der Waals surface area contributed by atoms with Gasteiger partial charge in [0, 0.05) is 38.6 Å². The Morgan fingerprint density at radius 1 is 1.38 bits per heavy atom. The van der Waals surface area contributed by atoms with Gasteiger partial charge in [0.25, 0.3) is 0 Å². The minimum Gasteiger partial charge on any atom is -0.475 e. The zero-order valence-corrected chi connectivity index (χ0v) is 16.8. The van der Waals surface area contributed by atoms with Crippen molar-refractivity contribution in [2.45, 2.75) is 31.5 Å². The fourth-order valence-electron chi connectivity index (χ4n) is 3.17. The van der Waals surface area contributed by atoms with Crippen molar-refractivity contribution in [3.63, 3.8) is 0 Å². The fourth-order valence-corrected chi connectivity index (χ4v) is 4.08. The number of carboxylic acid groups (broad SMARTS) is 1. The number of alkyl halides is 3. The summed E-state index contributed by atoms with van der Waals surface area (Å²) in [5.41, 5.74) is 0.753. The van der Waals surface area contributed by atoms with Crippen molar-refractivity contribution in [3.8, 4) is 0 Å². The standard InChI is InChI=1S/C14H22N4O3S.C2HF3O2/c1-11-7-16-13(17-8-11)15-5-3-12-4-6-21-14(12)9-18(10-14)22(2,19)20;3-2(4,5)1(6)7/h7-8,12H,3-6,9-10H2,1-2H3,(H,15,16,17);(H,6,7). The topological polar surface area (TPSA) is 122 Å². The molecule has 2 aliphatic rings. The molecular formula is C16H23F3N4O5S. The van der Waals surface area contributed by atoms with Crippen molar-refractivity contribution in [2.75, 3.05) is 37.8 Å². The van der Waals surface area contributed by atoms with Gasteiger partial charge in [-0.2, -0.15) is 17.5 Å². The number of carbonyl (C=O) groups is 1. The van der Waals surface area contributed by atoms with Crippen LogP contribution >= 0.6 is 0 Å². The highest BCUT2D eigenvalue weighted by atomic mass is 32.2. The number of anilines is 1. The number of sulfonamides is 1. The quantitative estimate of drug-likeness (QED) is 0.702. The molecule has 0 radical (unpaired) electrons. The average Bonchev–Trinajstić information content (AvgIpc) is 2.98. The number of nitrogens with zero attached hydrogens (tertiary/aromatic N) is 3. The van der Waals surface area contributed by atoms with E-state index in [1.54, 1.807) is 12.4 Å². The van der Waals surface area contributed by atoms with Gasteiger partial charge in [0.05, 0.1) is 11.9 Å². The van der Waals surface area contributed by atoms with E-state index in [-0.39, 0.29) is 5.60 Å². The molecule has 0 saturated carbocycles. The van der Waals surface area contributed by atoms with Crippen LogP contribution in [0, 0.1) is 12.8 Å². The van der Waals surface area contributed by atoms with E-state index in [2.05, 4.69) is 15.3 Å². The Labute approximate surface area is 166 Å². The Kier molecular flexibility index (Phi) is 7.06. The maximum atomic E-state index is 11.5. The Balaban J connectivity index is 0.000000370. The molecule has 0 aliphatic carbocycles. The molecule has 2 fully saturated rings. The lowest BCUT2D eigenvalue weighted by Gasteiger charge is -2.48. The van der Waals surface area contributed by atoms with Gasteiger partial charge >= 0.3 is 12.1 Å². The number of rotatable bonds is 5. The van der Waals surface area contributed by atoms with Gasteiger partial charge in [0.2, 0.25) is 16.0 Å². The van der Waals surface area contributed by atoms with Gasteiger partial charge in [-0.25, -0.2) is 23.2 Å². The molecule has 164 valence electrons. The third kappa shape index (κ3) is 6.24. The second-order valence-corrected chi connectivity index (χ2v) is 9.01. The van der Waals surface area contributed by atoms with Gasteiger partial charge in [-0.05, 0) is 31.2 Å². The lowest BCUT2D eigenvalue weighted by molar-refractivity contribution is -0.192. The zero-order chi connectivity index (χ0) is 21.9. The van der Waals surface area contributed by atoms with Crippen LogP contribution in [0.4, 0.5) is 19.1 Å². The highest BCUT2D eigenvalue weighted by molar-refractivity contribution is 7.88. The van der Waals surface area contributed by atoms with E-state index in [9.17, 15) is 21.6 Å². The highest BCUT2D eigenvalue weighted by Gasteiger charge is 2.55. The van der Waals surface area contributed by atoms with E-state index >= 15 is 0 Å². The Hall–Kier alpha value is -1.99. The maximum Gasteiger partial charge on any atom is 0.490 e. The van der Waals surface area contributed by atoms with E-state index in [0.717, 1.165) is 24.9 Å². The molecule has 0 aromatic carbocycles. The molecule has 3 rings (SSSR count). The van der Waals surface area contributed by atoms with Gasteiger partial charge in [-0.3, -0.25) is 0 Å². The molecule has 1 atom stereocenters. The average molecular weight is 440 g/mol. The molecule has 2 aliphatic heterocycles. The predicted molar refractivity (Wildman–Crippen MR) is 96.8 cm³/mol. The minimum atomic E-state index is -5.08.